The van der Waals surface area contributed by atoms with Gasteiger partial charge in [-0.05, 0) is 38.1 Å². The molecule has 0 bridgehead atoms. The Hall–Kier alpha value is -1.30. The van der Waals surface area contributed by atoms with Crippen molar-refractivity contribution >= 4 is 36.1 Å². The van der Waals surface area contributed by atoms with Gasteiger partial charge in [0, 0.05) is 13.1 Å². The maximum Gasteiger partial charge on any atom is 0.297 e. The molecule has 0 radical (unpaired) electrons. The number of alkyl halides is 1. The molecule has 2 aromatic carbocycles. The highest BCUT2D eigenvalue weighted by Gasteiger charge is 2.38. The third kappa shape index (κ3) is 5.49. The molecule has 1 aliphatic heterocycles. The standard InChI is InChI=1S/C20H24BrNO6S2/c1-15-3-7-17(8-4-15)29(23,24)22-13-19(21)20(14-22)27-11-12-28-30(25,26)18-9-5-16(2)6-10-18/h3-10,19-20H,11-14H2,1-2H3/t19-,20-/m1/s1. The molecule has 2 aromatic rings. The van der Waals surface area contributed by atoms with E-state index in [2.05, 4.69) is 15.9 Å². The fourth-order valence-corrected chi connectivity index (χ4v) is 6.26. The minimum absolute atomic E-state index is 0.0241. The summed E-state index contributed by atoms with van der Waals surface area (Å²) in [6.45, 7) is 4.07. The predicted molar refractivity (Wildman–Crippen MR) is 117 cm³/mol. The van der Waals surface area contributed by atoms with Crippen LogP contribution >= 0.6 is 15.9 Å². The zero-order chi connectivity index (χ0) is 21.9. The Morgan fingerprint density at radius 2 is 1.40 bits per heavy atom. The minimum Gasteiger partial charge on any atom is -0.373 e. The van der Waals surface area contributed by atoms with Gasteiger partial charge in [0.15, 0.2) is 0 Å². The number of hydrogen-bond acceptors (Lipinski definition) is 6. The van der Waals surface area contributed by atoms with Gasteiger partial charge in [0.25, 0.3) is 10.1 Å². The van der Waals surface area contributed by atoms with Crippen molar-refractivity contribution in [3.8, 4) is 0 Å². The molecule has 1 heterocycles. The van der Waals surface area contributed by atoms with Crippen molar-refractivity contribution in [1.82, 2.24) is 4.31 Å². The van der Waals surface area contributed by atoms with Gasteiger partial charge in [-0.3, -0.25) is 4.18 Å². The van der Waals surface area contributed by atoms with Crippen molar-refractivity contribution in [1.29, 1.82) is 0 Å². The lowest BCUT2D eigenvalue weighted by molar-refractivity contribution is 0.0472. The van der Waals surface area contributed by atoms with Gasteiger partial charge in [0.2, 0.25) is 10.0 Å². The summed E-state index contributed by atoms with van der Waals surface area (Å²) in [5.74, 6) is 0. The number of halogens is 1. The fourth-order valence-electron chi connectivity index (χ4n) is 3.03. The van der Waals surface area contributed by atoms with E-state index in [-0.39, 0.29) is 40.9 Å². The van der Waals surface area contributed by atoms with E-state index in [1.165, 1.54) is 16.4 Å². The third-order valence-corrected chi connectivity index (χ3v) is 8.84. The fraction of sp³-hybridized carbons (Fsp3) is 0.400. The van der Waals surface area contributed by atoms with Crippen molar-refractivity contribution in [3.05, 3.63) is 59.7 Å². The number of ether oxygens (including phenoxy) is 1. The number of nitrogens with zero attached hydrogens (tertiary/aromatic N) is 1. The summed E-state index contributed by atoms with van der Waals surface area (Å²) in [5, 5.41) is 0. The molecule has 0 N–H and O–H groups in total. The molecule has 3 rings (SSSR count). The van der Waals surface area contributed by atoms with E-state index in [0.717, 1.165) is 11.1 Å². The molecule has 0 unspecified atom stereocenters. The van der Waals surface area contributed by atoms with Gasteiger partial charge < -0.3 is 4.74 Å². The monoisotopic (exact) mass is 517 g/mol. The number of sulfonamides is 1. The Kier molecular flexibility index (Phi) is 7.36. The lowest BCUT2D eigenvalue weighted by atomic mass is 10.2. The zero-order valence-corrected chi connectivity index (χ0v) is 19.9. The van der Waals surface area contributed by atoms with Crippen LogP contribution in [0.3, 0.4) is 0 Å². The molecule has 1 saturated heterocycles. The van der Waals surface area contributed by atoms with Crippen LogP contribution in [0, 0.1) is 13.8 Å². The van der Waals surface area contributed by atoms with Crippen LogP contribution in [0.15, 0.2) is 58.3 Å². The lowest BCUT2D eigenvalue weighted by Gasteiger charge is -2.17. The first-order valence-corrected chi connectivity index (χ1v) is 13.1. The Balaban J connectivity index is 1.53. The summed E-state index contributed by atoms with van der Waals surface area (Å²) < 4.78 is 62.1. The SMILES string of the molecule is Cc1ccc(S(=O)(=O)OCCO[C@@H]2CN(S(=O)(=O)c3ccc(C)cc3)C[C@H]2Br)cc1. The Bertz CT molecular complexity index is 1070. The highest BCUT2D eigenvalue weighted by atomic mass is 79.9. The molecular weight excluding hydrogens is 494 g/mol. The highest BCUT2D eigenvalue weighted by Crippen LogP contribution is 2.27. The Morgan fingerprint density at radius 3 is 1.97 bits per heavy atom. The van der Waals surface area contributed by atoms with Crippen molar-refractivity contribution in [2.75, 3.05) is 26.3 Å². The molecule has 10 heteroatoms. The summed E-state index contributed by atoms with van der Waals surface area (Å²) in [7, 11) is -7.48. The maximum atomic E-state index is 12.8. The molecule has 2 atom stereocenters. The number of aryl methyl sites for hydroxylation is 2. The van der Waals surface area contributed by atoms with Gasteiger partial charge in [-0.2, -0.15) is 12.7 Å². The maximum absolute atomic E-state index is 12.8. The third-order valence-electron chi connectivity index (χ3n) is 4.79. The van der Waals surface area contributed by atoms with Gasteiger partial charge >= 0.3 is 0 Å². The summed E-state index contributed by atoms with van der Waals surface area (Å²) >= 11 is 3.47. The van der Waals surface area contributed by atoms with E-state index >= 15 is 0 Å². The average molecular weight is 518 g/mol. The molecule has 30 heavy (non-hydrogen) atoms. The van der Waals surface area contributed by atoms with E-state index in [0.29, 0.717) is 0 Å². The Labute approximate surface area is 186 Å². The van der Waals surface area contributed by atoms with Crippen LogP contribution in [-0.2, 0) is 29.1 Å². The smallest absolute Gasteiger partial charge is 0.297 e. The summed E-state index contributed by atoms with van der Waals surface area (Å²) in [6, 6.07) is 13.1. The second kappa shape index (κ2) is 9.46. The van der Waals surface area contributed by atoms with E-state index in [9.17, 15) is 16.8 Å². The lowest BCUT2D eigenvalue weighted by Crippen LogP contribution is -2.30. The van der Waals surface area contributed by atoms with Gasteiger partial charge in [-0.25, -0.2) is 8.42 Å². The first-order chi connectivity index (χ1) is 14.1. The highest BCUT2D eigenvalue weighted by molar-refractivity contribution is 9.09. The summed E-state index contributed by atoms with van der Waals surface area (Å²) in [6.07, 6.45) is -0.407. The molecule has 164 valence electrons. The van der Waals surface area contributed by atoms with E-state index in [1.807, 2.05) is 13.8 Å². The van der Waals surface area contributed by atoms with Crippen LogP contribution in [0.4, 0.5) is 0 Å². The van der Waals surface area contributed by atoms with Crippen molar-refractivity contribution in [2.24, 2.45) is 0 Å². The normalized spacial score (nSPS) is 20.5. The zero-order valence-electron chi connectivity index (χ0n) is 16.7. The number of benzene rings is 2. The van der Waals surface area contributed by atoms with Crippen LogP contribution in [0.25, 0.3) is 0 Å². The molecule has 7 nitrogen and oxygen atoms in total. The van der Waals surface area contributed by atoms with Gasteiger partial charge in [0.1, 0.15) is 0 Å². The molecule has 0 amide bonds. The topological polar surface area (TPSA) is 90.0 Å². The van der Waals surface area contributed by atoms with Gasteiger partial charge in [0.05, 0.1) is 33.9 Å². The van der Waals surface area contributed by atoms with Crippen LogP contribution < -0.4 is 0 Å². The largest absolute Gasteiger partial charge is 0.373 e. The quantitative estimate of drug-likeness (QED) is 0.303. The molecule has 0 saturated carbocycles. The summed E-state index contributed by atoms with van der Waals surface area (Å²) in [4.78, 5) is 0.120. The average Bonchev–Trinajstić information content (AvgIpc) is 3.07. The van der Waals surface area contributed by atoms with E-state index < -0.39 is 26.2 Å². The molecule has 0 spiro atoms. The van der Waals surface area contributed by atoms with E-state index in [1.54, 1.807) is 36.4 Å². The minimum atomic E-state index is -3.86. The van der Waals surface area contributed by atoms with Gasteiger partial charge in [-0.15, -0.1) is 0 Å². The molecule has 1 fully saturated rings. The second-order valence-electron chi connectivity index (χ2n) is 7.15. The van der Waals surface area contributed by atoms with Crippen LogP contribution in [-0.4, -0.2) is 58.4 Å². The number of rotatable bonds is 8. The first-order valence-electron chi connectivity index (χ1n) is 9.38. The molecule has 0 aromatic heterocycles. The first kappa shape index (κ1) is 23.4. The molecular formula is C20H24BrNO6S2. The predicted octanol–water partition coefficient (Wildman–Crippen LogP) is 2.86. The summed E-state index contributed by atoms with van der Waals surface area (Å²) in [5.41, 5.74) is 1.93. The van der Waals surface area contributed by atoms with Crippen molar-refractivity contribution in [2.45, 2.75) is 34.6 Å². The van der Waals surface area contributed by atoms with Crippen LogP contribution in [0.1, 0.15) is 11.1 Å². The molecule has 1 aliphatic rings. The van der Waals surface area contributed by atoms with Crippen LogP contribution in [0.2, 0.25) is 0 Å². The number of hydrogen-bond donors (Lipinski definition) is 0. The second-order valence-corrected chi connectivity index (χ2v) is 11.9. The van der Waals surface area contributed by atoms with Gasteiger partial charge in [-0.1, -0.05) is 51.3 Å². The van der Waals surface area contributed by atoms with Crippen LogP contribution in [0.5, 0.6) is 0 Å². The van der Waals surface area contributed by atoms with Crippen molar-refractivity contribution < 1.29 is 25.8 Å². The van der Waals surface area contributed by atoms with E-state index in [4.69, 9.17) is 8.92 Å². The van der Waals surface area contributed by atoms with Crippen molar-refractivity contribution in [3.63, 3.8) is 0 Å². The Morgan fingerprint density at radius 1 is 0.867 bits per heavy atom. The molecule has 0 aliphatic carbocycles.